The maximum Gasteiger partial charge on any atom is 0.338 e. The van der Waals surface area contributed by atoms with Crippen LogP contribution in [0, 0.1) is 11.3 Å². The van der Waals surface area contributed by atoms with Gasteiger partial charge in [0.2, 0.25) is 0 Å². The van der Waals surface area contributed by atoms with Gasteiger partial charge in [0.15, 0.2) is 6.61 Å². The Labute approximate surface area is 154 Å². The van der Waals surface area contributed by atoms with E-state index in [9.17, 15) is 14.9 Å². The number of nitrogens with zero attached hydrogens (tertiary/aromatic N) is 2. The van der Waals surface area contributed by atoms with Crippen molar-refractivity contribution >= 4 is 11.9 Å². The first-order chi connectivity index (χ1) is 12.5. The number of likely N-dealkylation sites (N-methyl/N-ethyl adjacent to an activating group) is 1. The van der Waals surface area contributed by atoms with Crippen molar-refractivity contribution in [2.45, 2.75) is 51.0 Å². The van der Waals surface area contributed by atoms with Crippen molar-refractivity contribution in [2.75, 3.05) is 20.3 Å². The third-order valence-electron chi connectivity index (χ3n) is 4.79. The summed E-state index contributed by atoms with van der Waals surface area (Å²) in [5.74, 6) is -0.236. The third-order valence-corrected chi connectivity index (χ3v) is 4.79. The highest BCUT2D eigenvalue weighted by molar-refractivity contribution is 5.91. The van der Waals surface area contributed by atoms with Crippen LogP contribution in [0.15, 0.2) is 24.3 Å². The number of rotatable bonds is 7. The fourth-order valence-electron chi connectivity index (χ4n) is 3.11. The number of ether oxygens (including phenoxy) is 2. The SMILES string of the molecule is CCCOc1ccc(C(=O)OCC(=O)N(C)C2(C#N)CCCCC2)cc1. The second-order valence-corrected chi connectivity index (χ2v) is 6.61. The van der Waals surface area contributed by atoms with E-state index in [0.29, 0.717) is 30.8 Å². The van der Waals surface area contributed by atoms with Gasteiger partial charge >= 0.3 is 5.97 Å². The highest BCUT2D eigenvalue weighted by Gasteiger charge is 2.38. The summed E-state index contributed by atoms with van der Waals surface area (Å²) in [6.07, 6.45) is 5.18. The number of nitriles is 1. The molecule has 0 saturated heterocycles. The van der Waals surface area contributed by atoms with Crippen LogP contribution in [0.1, 0.15) is 55.8 Å². The van der Waals surface area contributed by atoms with Crippen LogP contribution in [0.5, 0.6) is 5.75 Å². The molecule has 0 spiro atoms. The summed E-state index contributed by atoms with van der Waals surface area (Å²) >= 11 is 0. The zero-order valence-corrected chi connectivity index (χ0v) is 15.5. The van der Waals surface area contributed by atoms with Crippen molar-refractivity contribution in [2.24, 2.45) is 0 Å². The second kappa shape index (κ2) is 9.23. The zero-order valence-electron chi connectivity index (χ0n) is 15.5. The van der Waals surface area contributed by atoms with Gasteiger partial charge in [-0.3, -0.25) is 4.79 Å². The van der Waals surface area contributed by atoms with Crippen LogP contribution in [-0.2, 0) is 9.53 Å². The van der Waals surface area contributed by atoms with Gasteiger partial charge in [-0.25, -0.2) is 4.79 Å². The minimum atomic E-state index is -0.778. The summed E-state index contributed by atoms with van der Waals surface area (Å²) in [4.78, 5) is 26.0. The van der Waals surface area contributed by atoms with E-state index in [4.69, 9.17) is 9.47 Å². The fourth-order valence-corrected chi connectivity index (χ4v) is 3.11. The molecule has 6 heteroatoms. The maximum absolute atomic E-state index is 12.4. The molecule has 1 saturated carbocycles. The Morgan fingerprint density at radius 2 is 1.85 bits per heavy atom. The van der Waals surface area contributed by atoms with Crippen LogP contribution >= 0.6 is 0 Å². The van der Waals surface area contributed by atoms with Gasteiger partial charge < -0.3 is 14.4 Å². The topological polar surface area (TPSA) is 79.6 Å². The smallest absolute Gasteiger partial charge is 0.338 e. The lowest BCUT2D eigenvalue weighted by molar-refractivity contribution is -0.138. The molecule has 0 aliphatic heterocycles. The predicted molar refractivity (Wildman–Crippen MR) is 96.7 cm³/mol. The van der Waals surface area contributed by atoms with Gasteiger partial charge in [-0.2, -0.15) is 5.26 Å². The Morgan fingerprint density at radius 3 is 2.42 bits per heavy atom. The molecule has 0 heterocycles. The van der Waals surface area contributed by atoms with Gasteiger partial charge in [-0.1, -0.05) is 26.2 Å². The first-order valence-electron chi connectivity index (χ1n) is 9.10. The van der Waals surface area contributed by atoms with Crippen molar-refractivity contribution < 1.29 is 19.1 Å². The Bertz CT molecular complexity index is 657. The molecule has 1 aliphatic carbocycles. The van der Waals surface area contributed by atoms with E-state index in [2.05, 4.69) is 6.07 Å². The maximum atomic E-state index is 12.4. The van der Waals surface area contributed by atoms with Crippen molar-refractivity contribution in [1.82, 2.24) is 4.90 Å². The average molecular weight is 358 g/mol. The first-order valence-corrected chi connectivity index (χ1v) is 9.10. The summed E-state index contributed by atoms with van der Waals surface area (Å²) in [6, 6.07) is 8.91. The van der Waals surface area contributed by atoms with Crippen molar-refractivity contribution in [3.05, 3.63) is 29.8 Å². The summed E-state index contributed by atoms with van der Waals surface area (Å²) < 4.78 is 10.6. The Hall–Kier alpha value is -2.55. The van der Waals surface area contributed by atoms with Gasteiger partial charge in [0.25, 0.3) is 5.91 Å². The van der Waals surface area contributed by atoms with Crippen LogP contribution in [0.25, 0.3) is 0 Å². The summed E-state index contributed by atoms with van der Waals surface area (Å²) in [7, 11) is 1.62. The molecular weight excluding hydrogens is 332 g/mol. The number of amides is 1. The molecule has 6 nitrogen and oxygen atoms in total. The lowest BCUT2D eigenvalue weighted by Gasteiger charge is -2.38. The highest BCUT2D eigenvalue weighted by Crippen LogP contribution is 2.32. The van der Waals surface area contributed by atoms with E-state index in [1.54, 1.807) is 31.3 Å². The number of hydrogen-bond acceptors (Lipinski definition) is 5. The highest BCUT2D eigenvalue weighted by atomic mass is 16.5. The standard InChI is InChI=1S/C20H26N2O4/c1-3-13-25-17-9-7-16(8-10-17)19(24)26-14-18(23)22(2)20(15-21)11-5-4-6-12-20/h7-10H,3-6,11-14H2,1-2H3. The lowest BCUT2D eigenvalue weighted by Crippen LogP contribution is -2.51. The van der Waals surface area contributed by atoms with Crippen LogP contribution < -0.4 is 4.74 Å². The number of benzene rings is 1. The summed E-state index contributed by atoms with van der Waals surface area (Å²) in [5, 5.41) is 9.54. The van der Waals surface area contributed by atoms with Crippen LogP contribution in [0.2, 0.25) is 0 Å². The zero-order chi connectivity index (χ0) is 19.0. The number of hydrogen-bond donors (Lipinski definition) is 0. The van der Waals surface area contributed by atoms with E-state index < -0.39 is 11.5 Å². The van der Waals surface area contributed by atoms with Crippen molar-refractivity contribution in [1.29, 1.82) is 5.26 Å². The largest absolute Gasteiger partial charge is 0.494 e. The molecule has 1 aliphatic rings. The Balaban J connectivity index is 1.89. The molecule has 1 fully saturated rings. The van der Waals surface area contributed by atoms with Gasteiger partial charge in [-0.15, -0.1) is 0 Å². The van der Waals surface area contributed by atoms with E-state index in [0.717, 1.165) is 25.7 Å². The molecule has 2 rings (SSSR count). The van der Waals surface area contributed by atoms with Gasteiger partial charge in [0.05, 0.1) is 18.2 Å². The normalized spacial score (nSPS) is 15.6. The molecule has 0 unspecified atom stereocenters. The van der Waals surface area contributed by atoms with E-state index >= 15 is 0 Å². The fraction of sp³-hybridized carbons (Fsp3) is 0.550. The molecule has 0 N–H and O–H groups in total. The van der Waals surface area contributed by atoms with E-state index in [-0.39, 0.29) is 12.5 Å². The van der Waals surface area contributed by atoms with E-state index in [1.807, 2.05) is 6.92 Å². The Kier molecular flexibility index (Phi) is 7.02. The average Bonchev–Trinajstić information content (AvgIpc) is 2.70. The molecule has 1 aromatic carbocycles. The minimum Gasteiger partial charge on any atom is -0.494 e. The molecular formula is C20H26N2O4. The summed E-state index contributed by atoms with van der Waals surface area (Å²) in [5.41, 5.74) is -0.419. The lowest BCUT2D eigenvalue weighted by atomic mass is 9.81. The molecule has 140 valence electrons. The first kappa shape index (κ1) is 19.8. The number of carbonyl (C=O) groups excluding carboxylic acids is 2. The molecule has 1 amide bonds. The van der Waals surface area contributed by atoms with Gasteiger partial charge in [0.1, 0.15) is 11.3 Å². The third kappa shape index (κ3) is 4.75. The minimum absolute atomic E-state index is 0.357. The van der Waals surface area contributed by atoms with Crippen LogP contribution in [0.4, 0.5) is 0 Å². The van der Waals surface area contributed by atoms with Crippen LogP contribution in [0.3, 0.4) is 0 Å². The summed E-state index contributed by atoms with van der Waals surface area (Å²) in [6.45, 7) is 2.27. The molecule has 26 heavy (non-hydrogen) atoms. The van der Waals surface area contributed by atoms with Gasteiger partial charge in [0, 0.05) is 7.05 Å². The monoisotopic (exact) mass is 358 g/mol. The predicted octanol–water partition coefficient (Wildman–Crippen LogP) is 3.32. The number of esters is 1. The van der Waals surface area contributed by atoms with Crippen molar-refractivity contribution in [3.8, 4) is 11.8 Å². The number of carbonyl (C=O) groups is 2. The molecule has 0 radical (unpaired) electrons. The van der Waals surface area contributed by atoms with E-state index in [1.165, 1.54) is 4.90 Å². The van der Waals surface area contributed by atoms with Crippen molar-refractivity contribution in [3.63, 3.8) is 0 Å². The second-order valence-electron chi connectivity index (χ2n) is 6.61. The molecule has 0 bridgehead atoms. The van der Waals surface area contributed by atoms with Gasteiger partial charge in [-0.05, 0) is 43.5 Å². The quantitative estimate of drug-likeness (QED) is 0.699. The molecule has 0 atom stereocenters. The molecule has 0 aromatic heterocycles. The van der Waals surface area contributed by atoms with Crippen LogP contribution in [-0.4, -0.2) is 42.6 Å². The Morgan fingerprint density at radius 1 is 1.19 bits per heavy atom. The molecule has 1 aromatic rings.